The zero-order valence-electron chi connectivity index (χ0n) is 8.09. The van der Waals surface area contributed by atoms with Gasteiger partial charge in [0.2, 0.25) is 5.91 Å². The highest BCUT2D eigenvalue weighted by Crippen LogP contribution is 2.25. The molecule has 0 atom stereocenters. The molecule has 0 aliphatic carbocycles. The molecule has 0 bridgehead atoms. The summed E-state index contributed by atoms with van der Waals surface area (Å²) in [6.07, 6.45) is 1.82. The molecule has 82 valence electrons. The van der Waals surface area contributed by atoms with E-state index in [9.17, 15) is 9.59 Å². The second-order valence-corrected chi connectivity index (χ2v) is 4.66. The van der Waals surface area contributed by atoms with Gasteiger partial charge in [-0.1, -0.05) is 17.7 Å². The van der Waals surface area contributed by atoms with Crippen LogP contribution in [-0.4, -0.2) is 11.8 Å². The molecule has 0 saturated carbocycles. The summed E-state index contributed by atoms with van der Waals surface area (Å²) in [5.41, 5.74) is 1.30. The SMILES string of the molecule is O=C1C/C(=C/c2ccc(Cl)c(Br)c2)C(=O)N1. The van der Waals surface area contributed by atoms with Gasteiger partial charge >= 0.3 is 0 Å². The highest BCUT2D eigenvalue weighted by atomic mass is 79.9. The molecule has 1 aliphatic heterocycles. The van der Waals surface area contributed by atoms with Gasteiger partial charge in [-0.05, 0) is 39.7 Å². The van der Waals surface area contributed by atoms with Crippen LogP contribution in [0.3, 0.4) is 0 Å². The van der Waals surface area contributed by atoms with Crippen molar-refractivity contribution in [3.63, 3.8) is 0 Å². The van der Waals surface area contributed by atoms with E-state index in [1.165, 1.54) is 0 Å². The number of nitrogens with one attached hydrogen (secondary N) is 1. The Labute approximate surface area is 106 Å². The molecule has 1 aromatic carbocycles. The minimum absolute atomic E-state index is 0.138. The Hall–Kier alpha value is -1.13. The van der Waals surface area contributed by atoms with Crippen LogP contribution in [0.1, 0.15) is 12.0 Å². The van der Waals surface area contributed by atoms with Crippen LogP contribution in [0.2, 0.25) is 5.02 Å². The number of hydrogen-bond acceptors (Lipinski definition) is 2. The van der Waals surface area contributed by atoms with Crippen LogP contribution in [0.4, 0.5) is 0 Å². The molecule has 2 amide bonds. The van der Waals surface area contributed by atoms with Crippen LogP contribution in [0.15, 0.2) is 28.2 Å². The Bertz CT molecular complexity index is 511. The van der Waals surface area contributed by atoms with Crippen LogP contribution < -0.4 is 5.32 Å². The van der Waals surface area contributed by atoms with Gasteiger partial charge in [0.1, 0.15) is 0 Å². The molecule has 16 heavy (non-hydrogen) atoms. The maximum absolute atomic E-state index is 11.3. The molecule has 1 saturated heterocycles. The summed E-state index contributed by atoms with van der Waals surface area (Å²) in [6.45, 7) is 0. The first-order valence-electron chi connectivity index (χ1n) is 4.56. The molecule has 1 aromatic rings. The monoisotopic (exact) mass is 299 g/mol. The number of carbonyl (C=O) groups is 2. The number of amides is 2. The normalized spacial score (nSPS) is 18.0. The predicted molar refractivity (Wildman–Crippen MR) is 64.9 cm³/mol. The number of rotatable bonds is 1. The summed E-state index contributed by atoms with van der Waals surface area (Å²) in [6, 6.07) is 5.31. The molecule has 0 radical (unpaired) electrons. The largest absolute Gasteiger partial charge is 0.292 e. The third-order valence-corrected chi connectivity index (χ3v) is 3.39. The van der Waals surface area contributed by atoms with E-state index < -0.39 is 0 Å². The van der Waals surface area contributed by atoms with Gasteiger partial charge in [0.25, 0.3) is 5.91 Å². The van der Waals surface area contributed by atoms with E-state index >= 15 is 0 Å². The van der Waals surface area contributed by atoms with Crippen molar-refractivity contribution in [2.24, 2.45) is 0 Å². The molecule has 0 spiro atoms. The van der Waals surface area contributed by atoms with Gasteiger partial charge in [-0.2, -0.15) is 0 Å². The Kier molecular flexibility index (Phi) is 3.12. The van der Waals surface area contributed by atoms with Gasteiger partial charge in [-0.3, -0.25) is 14.9 Å². The van der Waals surface area contributed by atoms with Crippen molar-refractivity contribution in [3.8, 4) is 0 Å². The van der Waals surface area contributed by atoms with E-state index in [0.717, 1.165) is 10.0 Å². The molecule has 1 N–H and O–H groups in total. The summed E-state index contributed by atoms with van der Waals surface area (Å²) in [7, 11) is 0. The molecule has 5 heteroatoms. The maximum Gasteiger partial charge on any atom is 0.254 e. The summed E-state index contributed by atoms with van der Waals surface area (Å²) < 4.78 is 0.758. The number of hydrogen-bond donors (Lipinski definition) is 1. The third-order valence-electron chi connectivity index (χ3n) is 2.18. The van der Waals surface area contributed by atoms with Crippen LogP contribution in [0, 0.1) is 0 Å². The van der Waals surface area contributed by atoms with Gasteiger partial charge in [-0.25, -0.2) is 0 Å². The zero-order chi connectivity index (χ0) is 11.7. The smallest absolute Gasteiger partial charge is 0.254 e. The van der Waals surface area contributed by atoms with Crippen molar-refractivity contribution in [1.29, 1.82) is 0 Å². The first-order chi connectivity index (χ1) is 7.56. The van der Waals surface area contributed by atoms with Crippen molar-refractivity contribution in [2.75, 3.05) is 0 Å². The topological polar surface area (TPSA) is 46.2 Å². The quantitative estimate of drug-likeness (QED) is 0.640. The van der Waals surface area contributed by atoms with Gasteiger partial charge in [0.15, 0.2) is 0 Å². The van der Waals surface area contributed by atoms with Gasteiger partial charge in [0.05, 0.1) is 11.4 Å². The van der Waals surface area contributed by atoms with Crippen LogP contribution in [-0.2, 0) is 9.59 Å². The van der Waals surface area contributed by atoms with Gasteiger partial charge < -0.3 is 0 Å². The Balaban J connectivity index is 2.32. The number of halogens is 2. The van der Waals surface area contributed by atoms with E-state index in [2.05, 4.69) is 21.2 Å². The first-order valence-corrected chi connectivity index (χ1v) is 5.73. The number of carbonyl (C=O) groups excluding carboxylic acids is 2. The van der Waals surface area contributed by atoms with Crippen molar-refractivity contribution in [1.82, 2.24) is 5.32 Å². The lowest BCUT2D eigenvalue weighted by atomic mass is 10.1. The number of benzene rings is 1. The molecular weight excluding hydrogens is 293 g/mol. The fourth-order valence-electron chi connectivity index (χ4n) is 1.42. The molecule has 0 aromatic heterocycles. The molecule has 1 heterocycles. The fraction of sp³-hybridized carbons (Fsp3) is 0.0909. The Morgan fingerprint density at radius 2 is 2.12 bits per heavy atom. The summed E-state index contributed by atoms with van der Waals surface area (Å²) in [5.74, 6) is -0.583. The highest BCUT2D eigenvalue weighted by molar-refractivity contribution is 9.10. The van der Waals surface area contributed by atoms with Crippen LogP contribution >= 0.6 is 27.5 Å². The van der Waals surface area contributed by atoms with E-state index in [0.29, 0.717) is 10.6 Å². The lowest BCUT2D eigenvalue weighted by Gasteiger charge is -1.98. The Morgan fingerprint density at radius 3 is 2.69 bits per heavy atom. The van der Waals surface area contributed by atoms with Crippen LogP contribution in [0.5, 0.6) is 0 Å². The summed E-state index contributed by atoms with van der Waals surface area (Å²) in [4.78, 5) is 22.3. The lowest BCUT2D eigenvalue weighted by molar-refractivity contribution is -0.124. The third kappa shape index (κ3) is 2.33. The first kappa shape index (κ1) is 11.4. The van der Waals surface area contributed by atoms with Gasteiger partial charge in [0, 0.05) is 10.0 Å². The summed E-state index contributed by atoms with van der Waals surface area (Å²) >= 11 is 9.14. The Morgan fingerprint density at radius 1 is 1.38 bits per heavy atom. The summed E-state index contributed by atoms with van der Waals surface area (Å²) in [5, 5.41) is 2.83. The minimum atomic E-state index is -0.323. The second kappa shape index (κ2) is 4.39. The van der Waals surface area contributed by atoms with Crippen LogP contribution in [0.25, 0.3) is 6.08 Å². The molecule has 2 rings (SSSR count). The highest BCUT2D eigenvalue weighted by Gasteiger charge is 2.23. The van der Waals surface area contributed by atoms with Crippen molar-refractivity contribution < 1.29 is 9.59 Å². The molecule has 1 aliphatic rings. The average molecular weight is 301 g/mol. The molecule has 0 unspecified atom stereocenters. The molecular formula is C11H7BrClNO2. The van der Waals surface area contributed by atoms with Crippen molar-refractivity contribution in [2.45, 2.75) is 6.42 Å². The second-order valence-electron chi connectivity index (χ2n) is 3.40. The fourth-order valence-corrected chi connectivity index (χ4v) is 1.94. The van der Waals surface area contributed by atoms with Crippen molar-refractivity contribution in [3.05, 3.63) is 38.8 Å². The lowest BCUT2D eigenvalue weighted by Crippen LogP contribution is -2.19. The number of imide groups is 1. The molecule has 1 fully saturated rings. The van der Waals surface area contributed by atoms with Gasteiger partial charge in [-0.15, -0.1) is 0 Å². The van der Waals surface area contributed by atoms with E-state index in [1.807, 2.05) is 0 Å². The maximum atomic E-state index is 11.3. The van der Waals surface area contributed by atoms with E-state index in [1.54, 1.807) is 24.3 Å². The average Bonchev–Trinajstić information content (AvgIpc) is 2.51. The standard InChI is InChI=1S/C11H7BrClNO2/c12-8-4-6(1-2-9(8)13)3-7-5-10(15)14-11(7)16/h1-4H,5H2,(H,14,15,16)/b7-3-. The molecule has 3 nitrogen and oxygen atoms in total. The predicted octanol–water partition coefficient (Wildman–Crippen LogP) is 2.53. The van der Waals surface area contributed by atoms with Crippen molar-refractivity contribution >= 4 is 45.4 Å². The minimum Gasteiger partial charge on any atom is -0.292 e. The van der Waals surface area contributed by atoms with E-state index in [4.69, 9.17) is 11.6 Å². The zero-order valence-corrected chi connectivity index (χ0v) is 10.4. The van der Waals surface area contributed by atoms with E-state index in [-0.39, 0.29) is 18.2 Å².